The van der Waals surface area contributed by atoms with Gasteiger partial charge in [0.2, 0.25) is 0 Å². The highest BCUT2D eigenvalue weighted by Crippen LogP contribution is 2.08. The van der Waals surface area contributed by atoms with Gasteiger partial charge in [0.15, 0.2) is 0 Å². The molecule has 1 heterocycles. The monoisotopic (exact) mass is 249 g/mol. The molecule has 2 rings (SSSR count). The Bertz CT molecular complexity index is 357. The van der Waals surface area contributed by atoms with Crippen molar-refractivity contribution in [3.05, 3.63) is 35.9 Å². The van der Waals surface area contributed by atoms with E-state index >= 15 is 0 Å². The maximum Gasteiger partial charge on any atom is 0.0846 e. The van der Waals surface area contributed by atoms with Crippen LogP contribution in [0.25, 0.3) is 0 Å². The summed E-state index contributed by atoms with van der Waals surface area (Å²) in [4.78, 5) is 0. The average molecular weight is 249 g/mol. The molecule has 0 aromatic heterocycles. The molecule has 100 valence electrons. The van der Waals surface area contributed by atoms with Gasteiger partial charge in [0.25, 0.3) is 0 Å². The summed E-state index contributed by atoms with van der Waals surface area (Å²) in [5.41, 5.74) is 1.33. The van der Waals surface area contributed by atoms with Crippen LogP contribution in [0.15, 0.2) is 30.3 Å². The third-order valence-electron chi connectivity index (χ3n) is 3.62. The van der Waals surface area contributed by atoms with Crippen LogP contribution in [-0.4, -0.2) is 61.0 Å². The lowest BCUT2D eigenvalue weighted by Gasteiger charge is -2.41. The quantitative estimate of drug-likeness (QED) is 0.807. The van der Waals surface area contributed by atoms with Crippen molar-refractivity contribution in [2.24, 2.45) is 0 Å². The number of benzene rings is 1. The van der Waals surface area contributed by atoms with E-state index < -0.39 is 0 Å². The summed E-state index contributed by atoms with van der Waals surface area (Å²) >= 11 is 0. The van der Waals surface area contributed by atoms with Crippen LogP contribution >= 0.6 is 0 Å². The normalized spacial score (nSPS) is 26.4. The fourth-order valence-electron chi connectivity index (χ4n) is 2.33. The molecule has 2 unspecified atom stereocenters. The van der Waals surface area contributed by atoms with E-state index in [4.69, 9.17) is 0 Å². The number of aliphatic hydroxyl groups is 1. The van der Waals surface area contributed by atoms with Gasteiger partial charge in [-0.05, 0) is 18.5 Å². The largest absolute Gasteiger partial charge is 0.390 e. The van der Waals surface area contributed by atoms with Crippen LogP contribution in [0.5, 0.6) is 0 Å². The van der Waals surface area contributed by atoms with Crippen molar-refractivity contribution in [3.63, 3.8) is 0 Å². The van der Waals surface area contributed by atoms with E-state index in [0.717, 1.165) is 19.5 Å². The molecule has 1 aromatic rings. The van der Waals surface area contributed by atoms with Crippen LogP contribution < -0.4 is 5.32 Å². The second-order valence-electron chi connectivity index (χ2n) is 5.04. The molecule has 18 heavy (non-hydrogen) atoms. The predicted octanol–water partition coefficient (Wildman–Crippen LogP) is 0.340. The molecule has 0 spiro atoms. The summed E-state index contributed by atoms with van der Waals surface area (Å²) in [6, 6.07) is 10.6. The highest BCUT2D eigenvalue weighted by Gasteiger charge is 2.28. The van der Waals surface area contributed by atoms with Crippen molar-refractivity contribution in [1.82, 2.24) is 15.3 Å². The Labute approximate surface area is 109 Å². The Balaban J connectivity index is 1.76. The molecule has 4 heteroatoms. The van der Waals surface area contributed by atoms with Crippen LogP contribution in [0.4, 0.5) is 0 Å². The standard InChI is InChI=1S/C14H23N3O/c1-16-10-13(14(18)11-17(16)2)15-9-8-12-6-4-3-5-7-12/h3-7,13-15,18H,8-11H2,1-2H3. The van der Waals surface area contributed by atoms with E-state index in [-0.39, 0.29) is 12.1 Å². The predicted molar refractivity (Wildman–Crippen MR) is 73.2 cm³/mol. The summed E-state index contributed by atoms with van der Waals surface area (Å²) in [7, 11) is 4.06. The maximum atomic E-state index is 10.0. The lowest BCUT2D eigenvalue weighted by molar-refractivity contribution is -0.0760. The first kappa shape index (κ1) is 13.5. The first-order valence-corrected chi connectivity index (χ1v) is 6.54. The smallest absolute Gasteiger partial charge is 0.0846 e. The zero-order chi connectivity index (χ0) is 13.0. The lowest BCUT2D eigenvalue weighted by Crippen LogP contribution is -2.60. The van der Waals surface area contributed by atoms with Crippen LogP contribution in [0.2, 0.25) is 0 Å². The fraction of sp³-hybridized carbons (Fsp3) is 0.571. The van der Waals surface area contributed by atoms with E-state index in [1.165, 1.54) is 5.56 Å². The minimum absolute atomic E-state index is 0.162. The minimum atomic E-state index is -0.290. The second-order valence-corrected chi connectivity index (χ2v) is 5.04. The molecule has 1 fully saturated rings. The molecule has 1 saturated heterocycles. The molecule has 1 aliphatic rings. The highest BCUT2D eigenvalue weighted by molar-refractivity contribution is 5.14. The molecule has 0 saturated carbocycles. The van der Waals surface area contributed by atoms with Crippen LogP contribution in [0, 0.1) is 0 Å². The van der Waals surface area contributed by atoms with Crippen molar-refractivity contribution in [1.29, 1.82) is 0 Å². The number of likely N-dealkylation sites (N-methyl/N-ethyl adjacent to an activating group) is 2. The molecular formula is C14H23N3O. The lowest BCUT2D eigenvalue weighted by atomic mass is 10.1. The van der Waals surface area contributed by atoms with E-state index in [1.54, 1.807) is 0 Å². The zero-order valence-electron chi connectivity index (χ0n) is 11.2. The summed E-state index contributed by atoms with van der Waals surface area (Å²) in [6.07, 6.45) is 0.714. The Morgan fingerprint density at radius 1 is 1.17 bits per heavy atom. The van der Waals surface area contributed by atoms with Crippen molar-refractivity contribution >= 4 is 0 Å². The van der Waals surface area contributed by atoms with Crippen molar-refractivity contribution in [2.75, 3.05) is 33.7 Å². The van der Waals surface area contributed by atoms with E-state index in [2.05, 4.69) is 46.6 Å². The fourth-order valence-corrected chi connectivity index (χ4v) is 2.33. The van der Waals surface area contributed by atoms with Gasteiger partial charge in [-0.2, -0.15) is 0 Å². The molecule has 2 N–H and O–H groups in total. The van der Waals surface area contributed by atoms with Crippen LogP contribution in [0.1, 0.15) is 5.56 Å². The maximum absolute atomic E-state index is 10.0. The van der Waals surface area contributed by atoms with Crippen molar-refractivity contribution in [3.8, 4) is 0 Å². The molecule has 0 aliphatic carbocycles. The number of rotatable bonds is 4. The molecular weight excluding hydrogens is 226 g/mol. The van der Waals surface area contributed by atoms with Gasteiger partial charge in [-0.3, -0.25) is 0 Å². The number of nitrogens with zero attached hydrogens (tertiary/aromatic N) is 2. The van der Waals surface area contributed by atoms with Gasteiger partial charge in [0, 0.05) is 33.2 Å². The van der Waals surface area contributed by atoms with Gasteiger partial charge < -0.3 is 10.4 Å². The van der Waals surface area contributed by atoms with E-state index in [0.29, 0.717) is 6.54 Å². The minimum Gasteiger partial charge on any atom is -0.390 e. The number of hydrazine groups is 1. The van der Waals surface area contributed by atoms with Gasteiger partial charge in [-0.15, -0.1) is 0 Å². The highest BCUT2D eigenvalue weighted by atomic mass is 16.3. The first-order valence-electron chi connectivity index (χ1n) is 6.54. The molecule has 1 aliphatic heterocycles. The van der Waals surface area contributed by atoms with E-state index in [9.17, 15) is 5.11 Å². The first-order chi connectivity index (χ1) is 8.66. The van der Waals surface area contributed by atoms with Gasteiger partial charge in [0.05, 0.1) is 6.10 Å². The number of β-amino-alcohol motifs (C(OH)–C–C–N with tert-alkyl or cyclic N) is 1. The van der Waals surface area contributed by atoms with Crippen LogP contribution in [-0.2, 0) is 6.42 Å². The topological polar surface area (TPSA) is 38.7 Å². The van der Waals surface area contributed by atoms with Gasteiger partial charge in [-0.1, -0.05) is 30.3 Å². The third-order valence-corrected chi connectivity index (χ3v) is 3.62. The molecule has 0 amide bonds. The molecule has 0 radical (unpaired) electrons. The van der Waals surface area contributed by atoms with Crippen molar-refractivity contribution in [2.45, 2.75) is 18.6 Å². The number of hydrogen-bond donors (Lipinski definition) is 2. The third kappa shape index (κ3) is 3.53. The Hall–Kier alpha value is -0.940. The molecule has 4 nitrogen and oxygen atoms in total. The zero-order valence-corrected chi connectivity index (χ0v) is 11.2. The molecule has 2 atom stereocenters. The Morgan fingerprint density at radius 3 is 2.56 bits per heavy atom. The second kappa shape index (κ2) is 6.29. The SMILES string of the molecule is CN1CC(O)C(NCCc2ccccc2)CN1C. The van der Waals surface area contributed by atoms with Gasteiger partial charge >= 0.3 is 0 Å². The van der Waals surface area contributed by atoms with E-state index in [1.807, 2.05) is 13.1 Å². The number of nitrogens with one attached hydrogen (secondary N) is 1. The number of aliphatic hydroxyl groups excluding tert-OH is 1. The molecule has 0 bridgehead atoms. The summed E-state index contributed by atoms with van der Waals surface area (Å²) in [5.74, 6) is 0. The summed E-state index contributed by atoms with van der Waals surface area (Å²) in [6.45, 7) is 2.45. The van der Waals surface area contributed by atoms with Crippen molar-refractivity contribution < 1.29 is 5.11 Å². The summed E-state index contributed by atoms with van der Waals surface area (Å²) in [5, 5.41) is 17.7. The number of hydrogen-bond acceptors (Lipinski definition) is 4. The van der Waals surface area contributed by atoms with Gasteiger partial charge in [-0.25, -0.2) is 10.0 Å². The van der Waals surface area contributed by atoms with Gasteiger partial charge in [0.1, 0.15) is 0 Å². The summed E-state index contributed by atoms with van der Waals surface area (Å²) < 4.78 is 0. The van der Waals surface area contributed by atoms with Crippen LogP contribution in [0.3, 0.4) is 0 Å². The Kier molecular flexibility index (Phi) is 4.72. The molecule has 1 aromatic carbocycles. The Morgan fingerprint density at radius 2 is 1.83 bits per heavy atom. The average Bonchev–Trinajstić information content (AvgIpc) is 2.37.